The molecule has 188 valence electrons. The zero-order valence-corrected chi connectivity index (χ0v) is 21.2. The maximum absolute atomic E-state index is 14.4. The highest BCUT2D eigenvalue weighted by atomic mass is 31.2. The molecule has 0 radical (unpaired) electrons. The van der Waals surface area contributed by atoms with Crippen molar-refractivity contribution >= 4 is 24.1 Å². The third-order valence-corrected chi connectivity index (χ3v) is 10.7. The molecule has 1 aromatic heterocycles. The average molecular weight is 508 g/mol. The fourth-order valence-electron chi connectivity index (χ4n) is 4.64. The number of nitrogens with zero attached hydrogens (tertiary/aromatic N) is 3. The number of benzene rings is 2. The summed E-state index contributed by atoms with van der Waals surface area (Å²) in [7, 11) is -2.86. The molecule has 1 aliphatic heterocycles. The van der Waals surface area contributed by atoms with Gasteiger partial charge >= 0.3 is 6.18 Å². The van der Waals surface area contributed by atoms with Crippen molar-refractivity contribution in [3.8, 4) is 0 Å². The first-order valence-electron chi connectivity index (χ1n) is 11.5. The molecule has 1 fully saturated rings. The minimum Gasteiger partial charge on any atom is -0.459 e. The van der Waals surface area contributed by atoms with Crippen LogP contribution in [0.3, 0.4) is 0 Å². The maximum atomic E-state index is 14.4. The lowest BCUT2D eigenvalue weighted by atomic mass is 10.2. The number of para-hydroxylation sites is 1. The van der Waals surface area contributed by atoms with Gasteiger partial charge in [0.25, 0.3) is 0 Å². The van der Waals surface area contributed by atoms with Crippen molar-refractivity contribution in [2.24, 2.45) is 4.74 Å². The predicted octanol–water partition coefficient (Wildman–Crippen LogP) is 7.44. The van der Waals surface area contributed by atoms with E-state index in [1.165, 1.54) is 18.2 Å². The van der Waals surface area contributed by atoms with E-state index in [0.717, 1.165) is 6.07 Å². The topological polar surface area (TPSA) is 32.0 Å². The van der Waals surface area contributed by atoms with Crippen LogP contribution in [0.2, 0.25) is 0 Å². The highest BCUT2D eigenvalue weighted by Crippen LogP contribution is 2.65. The zero-order chi connectivity index (χ0) is 25.4. The first-order valence-corrected chi connectivity index (χ1v) is 13.2. The Kier molecular flexibility index (Phi) is 6.91. The minimum atomic E-state index is -4.53. The van der Waals surface area contributed by atoms with Gasteiger partial charge in [0.2, 0.25) is 0 Å². The number of hydrogen-bond acceptors (Lipinski definition) is 3. The molecule has 35 heavy (non-hydrogen) atoms. The van der Waals surface area contributed by atoms with E-state index in [0.29, 0.717) is 43.1 Å². The molecule has 0 bridgehead atoms. The fourth-order valence-corrected chi connectivity index (χ4v) is 8.75. The van der Waals surface area contributed by atoms with Gasteiger partial charge in [0.15, 0.2) is 5.50 Å². The highest BCUT2D eigenvalue weighted by molar-refractivity contribution is 7.72. The average Bonchev–Trinajstić information content (AvgIpc) is 3.23. The SMILES string of the molecule is Cc1ccc(P(=Nc2ccccc2C(F)(F)F)(N2CCN(c3ccccc3F)CC2)C(C)(C)C)o1. The molecular weight excluding hydrogens is 477 g/mol. The number of rotatable bonds is 4. The van der Waals surface area contributed by atoms with Crippen LogP contribution in [0.15, 0.2) is 69.8 Å². The van der Waals surface area contributed by atoms with E-state index in [4.69, 9.17) is 9.16 Å². The standard InChI is InChI=1S/C26H30F4N3OP/c1-19-13-14-24(34-19)35(25(2,3)4,31-22-11-7-5-9-20(22)26(28,29)30)33-17-15-32(16-18-33)23-12-8-6-10-21(23)27/h5-14H,15-18H2,1-4H3. The molecule has 0 amide bonds. The van der Waals surface area contributed by atoms with Gasteiger partial charge in [-0.1, -0.05) is 45.0 Å². The van der Waals surface area contributed by atoms with Gasteiger partial charge < -0.3 is 9.32 Å². The Hall–Kier alpha value is -2.57. The monoisotopic (exact) mass is 507 g/mol. The fraction of sp³-hybridized carbons (Fsp3) is 0.385. The Labute approximate surface area is 203 Å². The molecule has 1 unspecified atom stereocenters. The van der Waals surface area contributed by atoms with E-state index in [1.807, 2.05) is 44.7 Å². The van der Waals surface area contributed by atoms with Gasteiger partial charge in [-0.15, -0.1) is 0 Å². The Morgan fingerprint density at radius 1 is 0.857 bits per heavy atom. The zero-order valence-electron chi connectivity index (χ0n) is 20.3. The summed E-state index contributed by atoms with van der Waals surface area (Å²) in [6, 6.07) is 15.8. The van der Waals surface area contributed by atoms with Gasteiger partial charge in [-0.2, -0.15) is 13.2 Å². The Morgan fingerprint density at radius 2 is 1.49 bits per heavy atom. The second-order valence-electron chi connectivity index (χ2n) is 9.66. The summed E-state index contributed by atoms with van der Waals surface area (Å²) in [6.45, 7) is 9.89. The number of hydrogen-bond donors (Lipinski definition) is 0. The van der Waals surface area contributed by atoms with Crippen molar-refractivity contribution in [3.63, 3.8) is 0 Å². The van der Waals surface area contributed by atoms with E-state index in [-0.39, 0.29) is 11.5 Å². The third kappa shape index (κ3) is 4.91. The van der Waals surface area contributed by atoms with Gasteiger partial charge in [0.1, 0.15) is 18.8 Å². The molecule has 1 saturated heterocycles. The first kappa shape index (κ1) is 25.5. The minimum absolute atomic E-state index is 0.0890. The molecule has 2 aromatic carbocycles. The highest BCUT2D eigenvalue weighted by Gasteiger charge is 2.45. The number of anilines is 1. The molecule has 0 aliphatic carbocycles. The van der Waals surface area contributed by atoms with Gasteiger partial charge in [-0.3, -0.25) is 4.67 Å². The Bertz CT molecular complexity index is 1240. The van der Waals surface area contributed by atoms with Gasteiger partial charge in [-0.25, -0.2) is 9.14 Å². The van der Waals surface area contributed by atoms with Crippen LogP contribution in [0.25, 0.3) is 0 Å². The molecule has 1 aliphatic rings. The molecule has 0 N–H and O–H groups in total. The lowest BCUT2D eigenvalue weighted by Gasteiger charge is -2.47. The van der Waals surface area contributed by atoms with Crippen molar-refractivity contribution in [3.05, 3.63) is 77.8 Å². The molecule has 0 spiro atoms. The van der Waals surface area contributed by atoms with E-state index in [9.17, 15) is 17.6 Å². The maximum Gasteiger partial charge on any atom is 0.418 e. The summed E-state index contributed by atoms with van der Waals surface area (Å²) in [6.07, 6.45) is -4.53. The van der Waals surface area contributed by atoms with E-state index >= 15 is 0 Å². The Morgan fingerprint density at radius 3 is 2.06 bits per heavy atom. The van der Waals surface area contributed by atoms with Crippen LogP contribution < -0.4 is 10.4 Å². The molecule has 1 atom stereocenters. The van der Waals surface area contributed by atoms with Crippen molar-refractivity contribution in [1.29, 1.82) is 0 Å². The number of halogens is 4. The number of piperazine rings is 1. The van der Waals surface area contributed by atoms with Crippen molar-refractivity contribution in [1.82, 2.24) is 4.67 Å². The van der Waals surface area contributed by atoms with Crippen LogP contribution >= 0.6 is 7.21 Å². The first-order chi connectivity index (χ1) is 16.4. The van der Waals surface area contributed by atoms with Gasteiger partial charge in [-0.05, 0) is 43.3 Å². The van der Waals surface area contributed by atoms with Crippen LogP contribution in [0.4, 0.5) is 28.9 Å². The molecule has 4 nitrogen and oxygen atoms in total. The van der Waals surface area contributed by atoms with Crippen LogP contribution in [0.5, 0.6) is 0 Å². The second-order valence-corrected chi connectivity index (χ2v) is 13.4. The summed E-state index contributed by atoms with van der Waals surface area (Å²) in [5.74, 6) is 0.390. The molecular formula is C26H30F4N3OP. The van der Waals surface area contributed by atoms with Crippen LogP contribution in [-0.4, -0.2) is 36.0 Å². The van der Waals surface area contributed by atoms with E-state index < -0.39 is 24.1 Å². The normalized spacial score (nSPS) is 17.3. The molecule has 0 saturated carbocycles. The molecule has 9 heteroatoms. The largest absolute Gasteiger partial charge is 0.459 e. The smallest absolute Gasteiger partial charge is 0.418 e. The van der Waals surface area contributed by atoms with Crippen molar-refractivity contribution in [2.45, 2.75) is 39.0 Å². The van der Waals surface area contributed by atoms with Crippen molar-refractivity contribution in [2.75, 3.05) is 31.1 Å². The van der Waals surface area contributed by atoms with Crippen LogP contribution in [-0.2, 0) is 6.18 Å². The predicted molar refractivity (Wildman–Crippen MR) is 133 cm³/mol. The molecule has 3 aromatic rings. The van der Waals surface area contributed by atoms with Crippen LogP contribution in [0.1, 0.15) is 32.1 Å². The summed E-state index contributed by atoms with van der Waals surface area (Å²) in [5.41, 5.74) is 0.273. The van der Waals surface area contributed by atoms with Gasteiger partial charge in [0, 0.05) is 31.3 Å². The summed E-state index contributed by atoms with van der Waals surface area (Å²) >= 11 is 0. The summed E-state index contributed by atoms with van der Waals surface area (Å²) in [4.78, 5) is 1.97. The van der Waals surface area contributed by atoms with Crippen LogP contribution in [0, 0.1) is 12.7 Å². The van der Waals surface area contributed by atoms with E-state index in [1.54, 1.807) is 24.3 Å². The van der Waals surface area contributed by atoms with Crippen molar-refractivity contribution < 1.29 is 22.0 Å². The number of furan rings is 1. The van der Waals surface area contributed by atoms with Gasteiger partial charge in [0.05, 0.1) is 16.9 Å². The molecule has 4 rings (SSSR count). The van der Waals surface area contributed by atoms with E-state index in [2.05, 4.69) is 4.67 Å². The molecule has 2 heterocycles. The summed E-state index contributed by atoms with van der Waals surface area (Å²) < 4.78 is 69.4. The summed E-state index contributed by atoms with van der Waals surface area (Å²) in [5, 5.41) is -0.532. The Balaban J connectivity index is 1.86. The second kappa shape index (κ2) is 9.47. The number of aryl methyl sites for hydroxylation is 1. The quantitative estimate of drug-likeness (QED) is 0.272. The lowest BCUT2D eigenvalue weighted by molar-refractivity contribution is -0.137. The number of alkyl halides is 3. The third-order valence-electron chi connectivity index (χ3n) is 6.29. The lowest BCUT2D eigenvalue weighted by Crippen LogP contribution is -2.49.